The van der Waals surface area contributed by atoms with Crippen LogP contribution in [0.4, 0.5) is 4.39 Å². The first-order valence-corrected chi connectivity index (χ1v) is 5.67. The zero-order chi connectivity index (χ0) is 12.1. The van der Waals surface area contributed by atoms with Crippen molar-refractivity contribution >= 4 is 0 Å². The second kappa shape index (κ2) is 5.97. The van der Waals surface area contributed by atoms with Crippen LogP contribution in [0.5, 0.6) is 0 Å². The van der Waals surface area contributed by atoms with Gasteiger partial charge in [0.25, 0.3) is 0 Å². The molecule has 1 aromatic carbocycles. The van der Waals surface area contributed by atoms with E-state index in [1.807, 2.05) is 26.8 Å². The summed E-state index contributed by atoms with van der Waals surface area (Å²) in [6.07, 6.45) is 0. The SMILES string of the molecule is CC(C)[C@@H](CO)N[C@@H](C)c1ccccc1F. The van der Waals surface area contributed by atoms with E-state index >= 15 is 0 Å². The minimum atomic E-state index is -0.206. The number of aliphatic hydroxyl groups excluding tert-OH is 1. The second-order valence-electron chi connectivity index (χ2n) is 4.44. The van der Waals surface area contributed by atoms with Crippen LogP contribution in [0.15, 0.2) is 24.3 Å². The molecule has 0 bridgehead atoms. The minimum absolute atomic E-state index is 0.00499. The highest BCUT2D eigenvalue weighted by molar-refractivity contribution is 5.20. The van der Waals surface area contributed by atoms with Gasteiger partial charge in [0, 0.05) is 17.6 Å². The molecule has 0 unspecified atom stereocenters. The molecule has 0 fully saturated rings. The van der Waals surface area contributed by atoms with E-state index in [1.165, 1.54) is 6.07 Å². The Hall–Kier alpha value is -0.930. The van der Waals surface area contributed by atoms with E-state index < -0.39 is 0 Å². The fourth-order valence-corrected chi connectivity index (χ4v) is 1.69. The van der Waals surface area contributed by atoms with Crippen molar-refractivity contribution in [1.29, 1.82) is 0 Å². The first-order valence-electron chi connectivity index (χ1n) is 5.67. The van der Waals surface area contributed by atoms with Crippen molar-refractivity contribution in [3.8, 4) is 0 Å². The second-order valence-corrected chi connectivity index (χ2v) is 4.44. The highest BCUT2D eigenvalue weighted by atomic mass is 19.1. The molecule has 1 aromatic rings. The third-order valence-corrected chi connectivity index (χ3v) is 2.84. The lowest BCUT2D eigenvalue weighted by atomic mass is 10.0. The van der Waals surface area contributed by atoms with Crippen LogP contribution in [0.25, 0.3) is 0 Å². The Morgan fingerprint density at radius 1 is 1.25 bits per heavy atom. The van der Waals surface area contributed by atoms with Crippen LogP contribution >= 0.6 is 0 Å². The molecule has 2 atom stereocenters. The quantitative estimate of drug-likeness (QED) is 0.807. The average Bonchev–Trinajstić information content (AvgIpc) is 2.25. The lowest BCUT2D eigenvalue weighted by Gasteiger charge is -2.25. The summed E-state index contributed by atoms with van der Waals surface area (Å²) >= 11 is 0. The standard InChI is InChI=1S/C13H20FNO/c1-9(2)13(8-16)15-10(3)11-6-4-5-7-12(11)14/h4-7,9-10,13,15-16H,8H2,1-3H3/t10-,13+/m0/s1. The van der Waals surface area contributed by atoms with E-state index in [4.69, 9.17) is 0 Å². The zero-order valence-corrected chi connectivity index (χ0v) is 10.1. The van der Waals surface area contributed by atoms with Gasteiger partial charge >= 0.3 is 0 Å². The summed E-state index contributed by atoms with van der Waals surface area (Å²) in [7, 11) is 0. The Kier molecular flexibility index (Phi) is 4.90. The summed E-state index contributed by atoms with van der Waals surface area (Å²) in [5.41, 5.74) is 0.640. The first kappa shape index (κ1) is 13.1. The summed E-state index contributed by atoms with van der Waals surface area (Å²) in [5, 5.41) is 12.4. The van der Waals surface area contributed by atoms with Gasteiger partial charge in [0.2, 0.25) is 0 Å². The average molecular weight is 225 g/mol. The normalized spacial score (nSPS) is 15.1. The number of aliphatic hydroxyl groups is 1. The number of halogens is 1. The maximum atomic E-state index is 13.5. The van der Waals surface area contributed by atoms with E-state index in [0.717, 1.165) is 0 Å². The molecule has 0 aliphatic heterocycles. The van der Waals surface area contributed by atoms with Gasteiger partial charge in [-0.1, -0.05) is 32.0 Å². The first-order chi connectivity index (χ1) is 7.56. The van der Waals surface area contributed by atoms with Gasteiger partial charge < -0.3 is 10.4 Å². The number of benzene rings is 1. The molecule has 0 aromatic heterocycles. The predicted octanol–water partition coefficient (Wildman–Crippen LogP) is 2.49. The molecular formula is C13H20FNO. The lowest BCUT2D eigenvalue weighted by molar-refractivity contribution is 0.200. The molecule has 16 heavy (non-hydrogen) atoms. The van der Waals surface area contributed by atoms with Crippen LogP contribution in [0, 0.1) is 11.7 Å². The molecule has 0 heterocycles. The van der Waals surface area contributed by atoms with E-state index in [1.54, 1.807) is 12.1 Å². The Balaban J connectivity index is 2.72. The molecule has 0 amide bonds. The third kappa shape index (κ3) is 3.29. The van der Waals surface area contributed by atoms with Crippen molar-refractivity contribution in [2.45, 2.75) is 32.9 Å². The van der Waals surface area contributed by atoms with Gasteiger partial charge in [-0.3, -0.25) is 0 Å². The number of hydrogen-bond acceptors (Lipinski definition) is 2. The van der Waals surface area contributed by atoms with Crippen LogP contribution in [0.1, 0.15) is 32.4 Å². The number of rotatable bonds is 5. The molecule has 2 nitrogen and oxygen atoms in total. The molecule has 2 N–H and O–H groups in total. The predicted molar refractivity (Wildman–Crippen MR) is 63.7 cm³/mol. The minimum Gasteiger partial charge on any atom is -0.395 e. The van der Waals surface area contributed by atoms with E-state index in [-0.39, 0.29) is 24.5 Å². The number of nitrogens with one attached hydrogen (secondary N) is 1. The number of hydrogen-bond donors (Lipinski definition) is 2. The highest BCUT2D eigenvalue weighted by Gasteiger charge is 2.17. The fourth-order valence-electron chi connectivity index (χ4n) is 1.69. The molecule has 0 aliphatic carbocycles. The van der Waals surface area contributed by atoms with Crippen molar-refractivity contribution in [2.75, 3.05) is 6.61 Å². The van der Waals surface area contributed by atoms with Gasteiger partial charge in [0.1, 0.15) is 5.82 Å². The van der Waals surface area contributed by atoms with Crippen LogP contribution in [0.3, 0.4) is 0 Å². The van der Waals surface area contributed by atoms with Gasteiger partial charge in [0.15, 0.2) is 0 Å². The molecule has 0 saturated carbocycles. The van der Waals surface area contributed by atoms with Crippen LogP contribution in [-0.4, -0.2) is 17.8 Å². The maximum Gasteiger partial charge on any atom is 0.127 e. The Labute approximate surface area is 96.5 Å². The van der Waals surface area contributed by atoms with Crippen LogP contribution in [0.2, 0.25) is 0 Å². The summed E-state index contributed by atoms with van der Waals surface area (Å²) in [6, 6.07) is 6.62. The van der Waals surface area contributed by atoms with Crippen molar-refractivity contribution in [1.82, 2.24) is 5.32 Å². The van der Waals surface area contributed by atoms with Crippen molar-refractivity contribution in [3.63, 3.8) is 0 Å². The Morgan fingerprint density at radius 3 is 2.38 bits per heavy atom. The van der Waals surface area contributed by atoms with Crippen molar-refractivity contribution < 1.29 is 9.50 Å². The van der Waals surface area contributed by atoms with E-state index in [0.29, 0.717) is 11.5 Å². The van der Waals surface area contributed by atoms with Gasteiger partial charge in [-0.2, -0.15) is 0 Å². The Bertz CT molecular complexity index is 327. The molecule has 3 heteroatoms. The van der Waals surface area contributed by atoms with Gasteiger partial charge in [-0.15, -0.1) is 0 Å². The molecule has 1 rings (SSSR count). The van der Waals surface area contributed by atoms with Crippen LogP contribution < -0.4 is 5.32 Å². The summed E-state index contributed by atoms with van der Waals surface area (Å²) in [5.74, 6) is 0.113. The van der Waals surface area contributed by atoms with Gasteiger partial charge in [-0.05, 0) is 18.9 Å². The van der Waals surface area contributed by atoms with E-state index in [2.05, 4.69) is 5.32 Å². The molecule has 0 saturated heterocycles. The van der Waals surface area contributed by atoms with Crippen molar-refractivity contribution in [2.24, 2.45) is 5.92 Å². The molecule has 0 aliphatic rings. The zero-order valence-electron chi connectivity index (χ0n) is 10.1. The third-order valence-electron chi connectivity index (χ3n) is 2.84. The maximum absolute atomic E-state index is 13.5. The smallest absolute Gasteiger partial charge is 0.127 e. The topological polar surface area (TPSA) is 32.3 Å². The molecule has 90 valence electrons. The lowest BCUT2D eigenvalue weighted by Crippen LogP contribution is -2.38. The Morgan fingerprint density at radius 2 is 1.88 bits per heavy atom. The largest absolute Gasteiger partial charge is 0.395 e. The van der Waals surface area contributed by atoms with Gasteiger partial charge in [0.05, 0.1) is 6.61 Å². The monoisotopic (exact) mass is 225 g/mol. The molecule has 0 radical (unpaired) electrons. The molecular weight excluding hydrogens is 205 g/mol. The summed E-state index contributed by atoms with van der Waals surface area (Å²) in [4.78, 5) is 0. The summed E-state index contributed by atoms with van der Waals surface area (Å²) in [6.45, 7) is 6.03. The molecule has 0 spiro atoms. The van der Waals surface area contributed by atoms with E-state index in [9.17, 15) is 9.50 Å². The highest BCUT2D eigenvalue weighted by Crippen LogP contribution is 2.17. The fraction of sp³-hybridized carbons (Fsp3) is 0.538. The van der Waals surface area contributed by atoms with Crippen molar-refractivity contribution in [3.05, 3.63) is 35.6 Å². The summed E-state index contributed by atoms with van der Waals surface area (Å²) < 4.78 is 13.5. The van der Waals surface area contributed by atoms with Gasteiger partial charge in [-0.25, -0.2) is 4.39 Å². The van der Waals surface area contributed by atoms with Crippen LogP contribution in [-0.2, 0) is 0 Å².